The lowest BCUT2D eigenvalue weighted by Gasteiger charge is -2.24. The highest BCUT2D eigenvalue weighted by atomic mass is 32.2. The van der Waals surface area contributed by atoms with E-state index in [1.165, 1.54) is 192 Å². The summed E-state index contributed by atoms with van der Waals surface area (Å²) in [5, 5.41) is 12.5. The molecular formula is C53H89N5O5S. The molecule has 10 nitrogen and oxygen atoms in total. The monoisotopic (exact) mass is 908 g/mol. The van der Waals surface area contributed by atoms with Gasteiger partial charge in [-0.3, -0.25) is 9.52 Å². The number of hydrazine groups is 1. The van der Waals surface area contributed by atoms with Gasteiger partial charge in [0.15, 0.2) is 11.6 Å². The normalized spacial score (nSPS) is 11.6. The Bertz CT molecular complexity index is 1770. The number of nitrogens with one attached hydrogen (secondary N) is 2. The van der Waals surface area contributed by atoms with Gasteiger partial charge in [0.25, 0.3) is 15.9 Å². The number of pyridine rings is 1. The minimum Gasteiger partial charge on any atom is -0.506 e. The zero-order chi connectivity index (χ0) is 46.1. The number of hydrogen-bond acceptors (Lipinski definition) is 8. The number of unbranched alkanes of at least 4 members (excludes halogenated alkanes) is 30. The smallest absolute Gasteiger partial charge is 0.263 e. The van der Waals surface area contributed by atoms with Crippen LogP contribution in [0.4, 0.5) is 11.5 Å². The van der Waals surface area contributed by atoms with E-state index in [1.54, 1.807) is 24.3 Å². The highest BCUT2D eigenvalue weighted by molar-refractivity contribution is 7.92. The molecule has 0 fully saturated rings. The maximum Gasteiger partial charge on any atom is 0.263 e. The molecule has 3 rings (SSSR count). The average Bonchev–Trinajstić information content (AvgIpc) is 3.30. The van der Waals surface area contributed by atoms with Crippen molar-refractivity contribution < 1.29 is 23.1 Å². The lowest BCUT2D eigenvalue weighted by atomic mass is 10.0. The number of sulfonamides is 1. The molecule has 0 saturated carbocycles. The average molecular weight is 908 g/mol. The number of hydrogen-bond donors (Lipinski definition) is 4. The van der Waals surface area contributed by atoms with Gasteiger partial charge < -0.3 is 20.2 Å². The first kappa shape index (κ1) is 54.8. The summed E-state index contributed by atoms with van der Waals surface area (Å²) in [5.41, 5.74) is 2.68. The Balaban J connectivity index is 1.57. The number of aromatic nitrogens is 1. The Morgan fingerprint density at radius 1 is 0.625 bits per heavy atom. The molecule has 5 N–H and O–H groups in total. The van der Waals surface area contributed by atoms with Gasteiger partial charge in [-0.05, 0) is 18.9 Å². The summed E-state index contributed by atoms with van der Waals surface area (Å²) in [6.07, 6.45) is 42.3. The Morgan fingerprint density at radius 2 is 1.02 bits per heavy atom. The molecule has 0 aliphatic rings. The van der Waals surface area contributed by atoms with Gasteiger partial charge in [0.1, 0.15) is 10.6 Å². The third-order valence-electron chi connectivity index (χ3n) is 12.8. The summed E-state index contributed by atoms with van der Waals surface area (Å²) in [6.45, 7) is 5.74. The van der Waals surface area contributed by atoms with E-state index in [0.29, 0.717) is 23.9 Å². The van der Waals surface area contributed by atoms with Crippen molar-refractivity contribution in [1.82, 2.24) is 9.88 Å². The molecule has 362 valence electrons. The third-order valence-corrected chi connectivity index (χ3v) is 14.2. The number of methoxy groups -OCH3 is 1. The minimum absolute atomic E-state index is 0.0859. The van der Waals surface area contributed by atoms with Crippen molar-refractivity contribution in [2.75, 3.05) is 30.3 Å². The zero-order valence-corrected chi connectivity index (χ0v) is 41.4. The molecule has 0 radical (unpaired) electrons. The fourth-order valence-electron chi connectivity index (χ4n) is 8.84. The second kappa shape index (κ2) is 33.8. The van der Waals surface area contributed by atoms with Crippen LogP contribution in [0.15, 0.2) is 47.5 Å². The molecule has 0 spiro atoms. The zero-order valence-electron chi connectivity index (χ0n) is 40.5. The fraction of sp³-hybridized carbons (Fsp3) is 0.698. The molecule has 3 aromatic rings. The number of amides is 1. The van der Waals surface area contributed by atoms with Gasteiger partial charge in [-0.2, -0.15) is 0 Å². The van der Waals surface area contributed by atoms with Gasteiger partial charge in [0.05, 0.1) is 24.6 Å². The van der Waals surface area contributed by atoms with Crippen molar-refractivity contribution in [3.8, 4) is 11.5 Å². The second-order valence-electron chi connectivity index (χ2n) is 18.2. The number of nitrogens with zero attached hydrogens (tertiary/aromatic N) is 2. The highest BCUT2D eigenvalue weighted by Crippen LogP contribution is 2.37. The number of benzene rings is 2. The molecule has 2 aromatic carbocycles. The lowest BCUT2D eigenvalue weighted by molar-refractivity contribution is 0.0746. The van der Waals surface area contributed by atoms with Crippen molar-refractivity contribution in [1.29, 1.82) is 0 Å². The summed E-state index contributed by atoms with van der Waals surface area (Å²) >= 11 is 0. The quantitative estimate of drug-likeness (QED) is 0.0191. The summed E-state index contributed by atoms with van der Waals surface area (Å²) in [4.78, 5) is 20.3. The molecule has 0 aliphatic carbocycles. The predicted octanol–water partition coefficient (Wildman–Crippen LogP) is 15.0. The van der Waals surface area contributed by atoms with Crippen LogP contribution < -0.4 is 20.7 Å². The van der Waals surface area contributed by atoms with Gasteiger partial charge in [-0.25, -0.2) is 19.2 Å². The van der Waals surface area contributed by atoms with Crippen LogP contribution in [-0.2, 0) is 10.0 Å². The van der Waals surface area contributed by atoms with Crippen molar-refractivity contribution >= 4 is 38.2 Å². The predicted molar refractivity (Wildman–Crippen MR) is 270 cm³/mol. The van der Waals surface area contributed by atoms with Gasteiger partial charge in [-0.15, -0.1) is 0 Å². The van der Waals surface area contributed by atoms with Crippen LogP contribution in [0.1, 0.15) is 230 Å². The number of rotatable bonds is 40. The molecular weight excluding hydrogens is 819 g/mol. The second-order valence-corrected chi connectivity index (χ2v) is 19.9. The number of phenols is 1. The number of nitrogens with two attached hydrogens (primary N) is 1. The fourth-order valence-corrected chi connectivity index (χ4v) is 9.87. The van der Waals surface area contributed by atoms with Crippen molar-refractivity contribution in [3.63, 3.8) is 0 Å². The molecule has 1 amide bonds. The Hall–Kier alpha value is -3.57. The number of aromatic hydroxyl groups is 1. The maximum atomic E-state index is 14.5. The lowest BCUT2D eigenvalue weighted by Crippen LogP contribution is -2.33. The van der Waals surface area contributed by atoms with E-state index in [2.05, 4.69) is 29.0 Å². The Labute approximate surface area is 389 Å². The topological polar surface area (TPSA) is 147 Å². The number of carbonyl (C=O) groups is 1. The van der Waals surface area contributed by atoms with E-state index in [9.17, 15) is 18.3 Å². The van der Waals surface area contributed by atoms with Crippen LogP contribution in [-0.4, -0.2) is 49.5 Å². The van der Waals surface area contributed by atoms with Crippen molar-refractivity contribution in [3.05, 3.63) is 48.2 Å². The van der Waals surface area contributed by atoms with Crippen LogP contribution in [0.25, 0.3) is 10.8 Å². The molecule has 1 heterocycles. The standard InChI is InChI=1S/C53H89N5O5S/c1-4-6-8-10-12-14-16-18-20-22-24-26-28-30-32-36-40-58(41-37-33-31-29-27-25-23-21-19-17-15-13-11-9-7-5-2)53(60)48-43-49(46-38-34-35-39-47(46)51(48)59)57-64(61,62)45-42-50(63-3)52(56-54)55-44-45/h34-35,38-39,42-44,57,59H,4-33,36-37,40-41,54H2,1-3H3,(H,55,56). The number of phenolic OH excluding ortho intramolecular Hbond substituents is 1. The van der Waals surface area contributed by atoms with Gasteiger partial charge >= 0.3 is 0 Å². The largest absolute Gasteiger partial charge is 0.506 e. The number of nitrogen functional groups attached to an aromatic ring is 1. The molecule has 0 bridgehead atoms. The van der Waals surface area contributed by atoms with E-state index >= 15 is 0 Å². The van der Waals surface area contributed by atoms with Crippen molar-refractivity contribution in [2.45, 2.75) is 224 Å². The van der Waals surface area contributed by atoms with E-state index in [1.807, 2.05) is 4.90 Å². The SMILES string of the molecule is CCCCCCCCCCCCCCCCCCN(CCCCCCCCCCCCCCCCCC)C(=O)c1cc(NS(=O)(=O)c2cnc(NN)c(OC)c2)c2ccccc2c1O. The summed E-state index contributed by atoms with van der Waals surface area (Å²) in [5.74, 6) is 5.45. The van der Waals surface area contributed by atoms with Gasteiger partial charge in [0, 0.05) is 29.9 Å². The highest BCUT2D eigenvalue weighted by Gasteiger charge is 2.25. The minimum atomic E-state index is -4.18. The molecule has 11 heteroatoms. The van der Waals surface area contributed by atoms with E-state index in [0.717, 1.165) is 38.5 Å². The third kappa shape index (κ3) is 21.2. The van der Waals surface area contributed by atoms with Crippen LogP contribution in [0, 0.1) is 0 Å². The number of ether oxygens (including phenoxy) is 1. The van der Waals surface area contributed by atoms with E-state index < -0.39 is 10.0 Å². The molecule has 0 atom stereocenters. The molecule has 0 aliphatic heterocycles. The maximum absolute atomic E-state index is 14.5. The van der Waals surface area contributed by atoms with Crippen LogP contribution in [0.2, 0.25) is 0 Å². The summed E-state index contributed by atoms with van der Waals surface area (Å²) in [6, 6.07) is 9.79. The number of anilines is 2. The van der Waals surface area contributed by atoms with Crippen molar-refractivity contribution in [2.24, 2.45) is 5.84 Å². The van der Waals surface area contributed by atoms with Gasteiger partial charge in [-0.1, -0.05) is 231 Å². The first-order valence-corrected chi connectivity index (χ1v) is 27.3. The summed E-state index contributed by atoms with van der Waals surface area (Å²) in [7, 11) is -2.78. The molecule has 1 aromatic heterocycles. The Morgan fingerprint density at radius 3 is 1.41 bits per heavy atom. The van der Waals surface area contributed by atoms with Crippen LogP contribution in [0.3, 0.4) is 0 Å². The van der Waals surface area contributed by atoms with Gasteiger partial charge in [0.2, 0.25) is 0 Å². The first-order valence-electron chi connectivity index (χ1n) is 25.8. The molecule has 0 unspecified atom stereocenters. The van der Waals surface area contributed by atoms with E-state index in [4.69, 9.17) is 10.6 Å². The molecule has 64 heavy (non-hydrogen) atoms. The van der Waals surface area contributed by atoms with Crippen LogP contribution >= 0.6 is 0 Å². The molecule has 0 saturated heterocycles. The van der Waals surface area contributed by atoms with Crippen LogP contribution in [0.5, 0.6) is 11.5 Å². The number of carbonyl (C=O) groups excluding carboxylic acids is 1. The Kier molecular flexibility index (Phi) is 29.0. The first-order chi connectivity index (χ1) is 31.3. The summed E-state index contributed by atoms with van der Waals surface area (Å²) < 4.78 is 35.5. The number of fused-ring (bicyclic) bond motifs is 1. The van der Waals surface area contributed by atoms with E-state index in [-0.39, 0.29) is 39.4 Å².